The monoisotopic (exact) mass is 372 g/mol. The number of rotatable bonds is 5. The van der Waals surface area contributed by atoms with Crippen molar-refractivity contribution in [2.45, 2.75) is 6.42 Å². The second-order valence-corrected chi connectivity index (χ2v) is 5.76. The lowest BCUT2D eigenvalue weighted by molar-refractivity contribution is 0.0960. The molecule has 7 heteroatoms. The number of aromatic hydroxyl groups is 1. The minimum Gasteiger partial charge on any atom is -0.507 e. The largest absolute Gasteiger partial charge is 0.507 e. The molecule has 1 aliphatic rings. The summed E-state index contributed by atoms with van der Waals surface area (Å²) in [5, 5.41) is 10.1. The molecule has 0 fully saturated rings. The molecule has 0 unspecified atom stereocenters. The normalized spacial score (nSPS) is 14.4. The van der Waals surface area contributed by atoms with Crippen LogP contribution in [0.15, 0.2) is 30.0 Å². The van der Waals surface area contributed by atoms with E-state index in [9.17, 15) is 9.90 Å². The average molecular weight is 372 g/mol. The molecule has 0 spiro atoms. The van der Waals surface area contributed by atoms with E-state index >= 15 is 0 Å². The summed E-state index contributed by atoms with van der Waals surface area (Å²) in [7, 11) is 5.92. The molecule has 0 aliphatic carbocycles. The van der Waals surface area contributed by atoms with Crippen LogP contribution in [0.4, 0.5) is 0 Å². The van der Waals surface area contributed by atoms with E-state index in [0.29, 0.717) is 39.9 Å². The Kier molecular flexibility index (Phi) is 5.12. The molecule has 142 valence electrons. The van der Waals surface area contributed by atoms with Gasteiger partial charge in [-0.2, -0.15) is 0 Å². The van der Waals surface area contributed by atoms with Crippen LogP contribution in [0, 0.1) is 0 Å². The van der Waals surface area contributed by atoms with Crippen molar-refractivity contribution in [1.29, 1.82) is 0 Å². The topological polar surface area (TPSA) is 83.5 Å². The van der Waals surface area contributed by atoms with Crippen molar-refractivity contribution in [3.05, 3.63) is 41.2 Å². The number of ketones is 1. The predicted molar refractivity (Wildman–Crippen MR) is 98.3 cm³/mol. The van der Waals surface area contributed by atoms with E-state index in [0.717, 1.165) is 0 Å². The molecule has 0 atom stereocenters. The highest BCUT2D eigenvalue weighted by molar-refractivity contribution is 6.05. The number of hydrogen-bond donors (Lipinski definition) is 1. The molecule has 2 aromatic rings. The van der Waals surface area contributed by atoms with Crippen molar-refractivity contribution in [2.24, 2.45) is 0 Å². The van der Waals surface area contributed by atoms with Crippen LogP contribution in [0.25, 0.3) is 6.08 Å². The molecule has 7 nitrogen and oxygen atoms in total. The zero-order valence-corrected chi connectivity index (χ0v) is 15.5. The summed E-state index contributed by atoms with van der Waals surface area (Å²) in [6.45, 7) is 0. The maximum absolute atomic E-state index is 12.7. The molecule has 0 bridgehead atoms. The standard InChI is InChI=1S/C20H20O7/c1-23-12-6-5-11(14(21)8-12)7-13-9-15(22)18-16(27-13)10-17(24-2)19(25-3)20(18)26-4/h5-8,10,21H,9H2,1-4H3/b13-7-. The summed E-state index contributed by atoms with van der Waals surface area (Å²) in [6.07, 6.45) is 1.63. The summed E-state index contributed by atoms with van der Waals surface area (Å²) >= 11 is 0. The van der Waals surface area contributed by atoms with Gasteiger partial charge in [0, 0.05) is 17.7 Å². The van der Waals surface area contributed by atoms with Crippen molar-refractivity contribution in [3.8, 4) is 34.5 Å². The number of carbonyl (C=O) groups excluding carboxylic acids is 1. The summed E-state index contributed by atoms with van der Waals surface area (Å²) in [4.78, 5) is 12.7. The van der Waals surface area contributed by atoms with E-state index in [1.54, 1.807) is 24.3 Å². The van der Waals surface area contributed by atoms with E-state index in [1.807, 2.05) is 0 Å². The van der Waals surface area contributed by atoms with Gasteiger partial charge in [-0.25, -0.2) is 0 Å². The van der Waals surface area contributed by atoms with Crippen molar-refractivity contribution in [3.63, 3.8) is 0 Å². The number of ether oxygens (including phenoxy) is 5. The average Bonchev–Trinajstić information content (AvgIpc) is 2.67. The SMILES string of the molecule is COc1ccc(/C=C2/CC(=O)c3c(cc(OC)c(OC)c3OC)O2)c(O)c1. The number of benzene rings is 2. The molecular formula is C20H20O7. The Hall–Kier alpha value is -3.35. The number of allylic oxidation sites excluding steroid dienone is 1. The van der Waals surface area contributed by atoms with Crippen molar-refractivity contribution < 1.29 is 33.6 Å². The van der Waals surface area contributed by atoms with Crippen LogP contribution in [-0.4, -0.2) is 39.3 Å². The maximum Gasteiger partial charge on any atom is 0.204 e. The Morgan fingerprint density at radius 2 is 1.74 bits per heavy atom. The van der Waals surface area contributed by atoms with Crippen molar-refractivity contribution in [2.75, 3.05) is 28.4 Å². The van der Waals surface area contributed by atoms with Crippen LogP contribution in [-0.2, 0) is 0 Å². The van der Waals surface area contributed by atoms with Crippen LogP contribution < -0.4 is 23.7 Å². The van der Waals surface area contributed by atoms with Gasteiger partial charge in [-0.3, -0.25) is 4.79 Å². The summed E-state index contributed by atoms with van der Waals surface area (Å²) in [5.74, 6) is 2.04. The molecule has 0 radical (unpaired) electrons. The molecule has 3 rings (SSSR count). The Morgan fingerprint density at radius 1 is 1.00 bits per heavy atom. The highest BCUT2D eigenvalue weighted by Gasteiger charge is 2.31. The Balaban J connectivity index is 2.05. The lowest BCUT2D eigenvalue weighted by atomic mass is 9.99. The highest BCUT2D eigenvalue weighted by Crippen LogP contribution is 2.48. The lowest BCUT2D eigenvalue weighted by Gasteiger charge is -2.23. The zero-order valence-electron chi connectivity index (χ0n) is 15.5. The smallest absolute Gasteiger partial charge is 0.204 e. The van der Waals surface area contributed by atoms with Crippen LogP contribution in [0.2, 0.25) is 0 Å². The molecule has 0 aromatic heterocycles. The molecule has 2 aromatic carbocycles. The third-order valence-corrected chi connectivity index (χ3v) is 4.20. The van der Waals surface area contributed by atoms with Gasteiger partial charge in [-0.05, 0) is 18.2 Å². The second kappa shape index (κ2) is 7.49. The van der Waals surface area contributed by atoms with Gasteiger partial charge in [0.1, 0.15) is 28.6 Å². The summed E-state index contributed by atoms with van der Waals surface area (Å²) < 4.78 is 26.9. The third kappa shape index (κ3) is 3.36. The number of fused-ring (bicyclic) bond motifs is 1. The van der Waals surface area contributed by atoms with Crippen LogP contribution in [0.1, 0.15) is 22.3 Å². The molecule has 0 saturated heterocycles. The number of phenols is 1. The molecule has 1 N–H and O–H groups in total. The van der Waals surface area contributed by atoms with Gasteiger partial charge in [0.05, 0.1) is 34.9 Å². The Labute approximate surface area is 156 Å². The first-order valence-corrected chi connectivity index (χ1v) is 8.14. The van der Waals surface area contributed by atoms with Gasteiger partial charge < -0.3 is 28.8 Å². The third-order valence-electron chi connectivity index (χ3n) is 4.20. The maximum atomic E-state index is 12.7. The zero-order chi connectivity index (χ0) is 19.6. The molecule has 27 heavy (non-hydrogen) atoms. The number of phenolic OH excluding ortho intramolecular Hbond substituents is 1. The van der Waals surface area contributed by atoms with E-state index in [-0.39, 0.29) is 23.7 Å². The van der Waals surface area contributed by atoms with E-state index < -0.39 is 0 Å². The Bertz CT molecular complexity index is 915. The lowest BCUT2D eigenvalue weighted by Crippen LogP contribution is -2.16. The fraction of sp³-hybridized carbons (Fsp3) is 0.250. The quantitative estimate of drug-likeness (QED) is 0.861. The van der Waals surface area contributed by atoms with E-state index in [2.05, 4.69) is 0 Å². The molecule has 0 amide bonds. The molecular weight excluding hydrogens is 352 g/mol. The number of methoxy groups -OCH3 is 4. The van der Waals surface area contributed by atoms with Gasteiger partial charge in [0.25, 0.3) is 0 Å². The first-order chi connectivity index (χ1) is 13.0. The summed E-state index contributed by atoms with van der Waals surface area (Å²) in [5.41, 5.74) is 0.806. The van der Waals surface area contributed by atoms with Gasteiger partial charge in [0.15, 0.2) is 17.3 Å². The summed E-state index contributed by atoms with van der Waals surface area (Å²) in [6, 6.07) is 6.46. The van der Waals surface area contributed by atoms with Crippen LogP contribution in [0.3, 0.4) is 0 Å². The minimum atomic E-state index is -0.187. The first-order valence-electron chi connectivity index (χ1n) is 8.14. The van der Waals surface area contributed by atoms with Gasteiger partial charge in [-0.1, -0.05) is 0 Å². The van der Waals surface area contributed by atoms with E-state index in [1.165, 1.54) is 34.5 Å². The molecule has 0 saturated carbocycles. The number of hydrogen-bond acceptors (Lipinski definition) is 7. The van der Waals surface area contributed by atoms with Crippen LogP contribution in [0.5, 0.6) is 34.5 Å². The number of Topliss-reactive ketones (excluding diaryl/α,β-unsaturated/α-hetero) is 1. The first kappa shape index (κ1) is 18.4. The van der Waals surface area contributed by atoms with Gasteiger partial charge in [-0.15, -0.1) is 0 Å². The molecule has 1 aliphatic heterocycles. The molecule has 1 heterocycles. The second-order valence-electron chi connectivity index (χ2n) is 5.76. The Morgan fingerprint density at radius 3 is 2.33 bits per heavy atom. The van der Waals surface area contributed by atoms with Gasteiger partial charge in [0.2, 0.25) is 5.75 Å². The van der Waals surface area contributed by atoms with Crippen molar-refractivity contribution in [1.82, 2.24) is 0 Å². The highest BCUT2D eigenvalue weighted by atomic mass is 16.5. The van der Waals surface area contributed by atoms with Gasteiger partial charge >= 0.3 is 0 Å². The van der Waals surface area contributed by atoms with Crippen LogP contribution >= 0.6 is 0 Å². The van der Waals surface area contributed by atoms with Crippen molar-refractivity contribution >= 4 is 11.9 Å². The fourth-order valence-corrected chi connectivity index (χ4v) is 2.93. The predicted octanol–water partition coefficient (Wildman–Crippen LogP) is 3.43. The minimum absolute atomic E-state index is 0.0182. The van der Waals surface area contributed by atoms with E-state index in [4.69, 9.17) is 23.7 Å². The fourth-order valence-electron chi connectivity index (χ4n) is 2.93. The number of carbonyl (C=O) groups is 1.